The number of hydrogen-bond donors (Lipinski definition) is 2. The zero-order valence-corrected chi connectivity index (χ0v) is 10.9. The molecule has 1 saturated heterocycles. The van der Waals surface area contributed by atoms with Crippen LogP contribution in [0.2, 0.25) is 0 Å². The van der Waals surface area contributed by atoms with Crippen LogP contribution in [0.1, 0.15) is 24.3 Å². The molecule has 1 heterocycles. The van der Waals surface area contributed by atoms with E-state index in [2.05, 4.69) is 33.4 Å². The zero-order chi connectivity index (χ0) is 11.4. The Bertz CT molecular complexity index is 336. The molecule has 88 valence electrons. The second-order valence-electron chi connectivity index (χ2n) is 4.45. The first-order valence-electron chi connectivity index (χ1n) is 5.88. The summed E-state index contributed by atoms with van der Waals surface area (Å²) in [7, 11) is 0. The van der Waals surface area contributed by atoms with Gasteiger partial charge in [-0.25, -0.2) is 0 Å². The van der Waals surface area contributed by atoms with E-state index >= 15 is 0 Å². The molecule has 0 saturated carbocycles. The molecule has 2 nitrogen and oxygen atoms in total. The number of aliphatic hydroxyl groups excluding tert-OH is 1. The fourth-order valence-electron chi connectivity index (χ4n) is 2.49. The van der Waals surface area contributed by atoms with Crippen LogP contribution in [0.5, 0.6) is 0 Å². The molecule has 0 radical (unpaired) electrons. The van der Waals surface area contributed by atoms with Crippen molar-refractivity contribution in [1.29, 1.82) is 0 Å². The van der Waals surface area contributed by atoms with Crippen molar-refractivity contribution in [2.24, 2.45) is 5.92 Å². The Labute approximate surface area is 105 Å². The number of benzene rings is 1. The molecule has 1 fully saturated rings. The molecule has 2 N–H and O–H groups in total. The van der Waals surface area contributed by atoms with E-state index in [1.54, 1.807) is 0 Å². The van der Waals surface area contributed by atoms with Gasteiger partial charge in [-0.05, 0) is 49.5 Å². The average Bonchev–Trinajstić information content (AvgIpc) is 2.31. The second-order valence-corrected chi connectivity index (χ2v) is 5.37. The van der Waals surface area contributed by atoms with E-state index in [-0.39, 0.29) is 12.5 Å². The van der Waals surface area contributed by atoms with E-state index < -0.39 is 0 Å². The lowest BCUT2D eigenvalue weighted by Gasteiger charge is -2.30. The lowest BCUT2D eigenvalue weighted by Crippen LogP contribution is -2.34. The van der Waals surface area contributed by atoms with E-state index in [0.29, 0.717) is 5.92 Å². The van der Waals surface area contributed by atoms with Crippen LogP contribution in [-0.2, 0) is 0 Å². The highest BCUT2D eigenvalue weighted by Gasteiger charge is 2.24. The first-order chi connectivity index (χ1) is 7.81. The molecule has 1 aromatic rings. The molecule has 16 heavy (non-hydrogen) atoms. The molecule has 0 amide bonds. The van der Waals surface area contributed by atoms with Gasteiger partial charge in [-0.15, -0.1) is 0 Å². The van der Waals surface area contributed by atoms with Gasteiger partial charge in [0.2, 0.25) is 0 Å². The van der Waals surface area contributed by atoms with E-state index in [1.165, 1.54) is 18.4 Å². The summed E-state index contributed by atoms with van der Waals surface area (Å²) in [6.07, 6.45) is 2.43. The molecule has 0 aromatic heterocycles. The standard InChI is InChI=1S/C13H18BrNO/c14-12-5-1-3-10(7-12)13(9-16)11-4-2-6-15-8-11/h1,3,5,7,11,13,15-16H,2,4,6,8-9H2. The van der Waals surface area contributed by atoms with Gasteiger partial charge in [0, 0.05) is 10.4 Å². The summed E-state index contributed by atoms with van der Waals surface area (Å²) in [4.78, 5) is 0. The fourth-order valence-corrected chi connectivity index (χ4v) is 2.90. The molecule has 3 heteroatoms. The van der Waals surface area contributed by atoms with Gasteiger partial charge in [0.05, 0.1) is 6.61 Å². The van der Waals surface area contributed by atoms with Crippen molar-refractivity contribution < 1.29 is 5.11 Å². The minimum absolute atomic E-state index is 0.239. The Kier molecular flexibility index (Phi) is 4.38. The van der Waals surface area contributed by atoms with Crippen molar-refractivity contribution in [3.05, 3.63) is 34.3 Å². The van der Waals surface area contributed by atoms with Crippen molar-refractivity contribution in [3.8, 4) is 0 Å². The predicted octanol–water partition coefficient (Wildman–Crippen LogP) is 2.52. The Morgan fingerprint density at radius 3 is 3.00 bits per heavy atom. The van der Waals surface area contributed by atoms with Gasteiger partial charge in [0.15, 0.2) is 0 Å². The number of rotatable bonds is 3. The third-order valence-electron chi connectivity index (χ3n) is 3.38. The smallest absolute Gasteiger partial charge is 0.0502 e. The van der Waals surface area contributed by atoms with Crippen LogP contribution in [0.15, 0.2) is 28.7 Å². The number of hydrogen-bond acceptors (Lipinski definition) is 2. The topological polar surface area (TPSA) is 32.3 Å². The number of halogens is 1. The first-order valence-corrected chi connectivity index (χ1v) is 6.67. The summed E-state index contributed by atoms with van der Waals surface area (Å²) in [6.45, 7) is 2.38. The minimum Gasteiger partial charge on any atom is -0.396 e. The normalized spacial score (nSPS) is 23.0. The number of piperidine rings is 1. The molecule has 2 unspecified atom stereocenters. The SMILES string of the molecule is OCC(c1cccc(Br)c1)C1CCCNC1. The van der Waals surface area contributed by atoms with Crippen LogP contribution in [0, 0.1) is 5.92 Å². The highest BCUT2D eigenvalue weighted by atomic mass is 79.9. The average molecular weight is 284 g/mol. The monoisotopic (exact) mass is 283 g/mol. The maximum absolute atomic E-state index is 9.58. The highest BCUT2D eigenvalue weighted by Crippen LogP contribution is 2.30. The Morgan fingerprint density at radius 2 is 2.38 bits per heavy atom. The first kappa shape index (κ1) is 12.1. The molecular formula is C13H18BrNO. The number of nitrogens with one attached hydrogen (secondary N) is 1. The van der Waals surface area contributed by atoms with E-state index in [0.717, 1.165) is 17.6 Å². The summed E-state index contributed by atoms with van der Waals surface area (Å²) in [5.41, 5.74) is 1.24. The van der Waals surface area contributed by atoms with Gasteiger partial charge >= 0.3 is 0 Å². The van der Waals surface area contributed by atoms with Crippen molar-refractivity contribution in [2.45, 2.75) is 18.8 Å². The summed E-state index contributed by atoms with van der Waals surface area (Å²) in [5.74, 6) is 0.832. The third kappa shape index (κ3) is 2.84. The molecular weight excluding hydrogens is 266 g/mol. The summed E-state index contributed by atoms with van der Waals surface area (Å²) in [5, 5.41) is 13.0. The number of aliphatic hydroxyl groups is 1. The molecule has 0 spiro atoms. The minimum atomic E-state index is 0.239. The van der Waals surface area contributed by atoms with Gasteiger partial charge in [-0.3, -0.25) is 0 Å². The fraction of sp³-hybridized carbons (Fsp3) is 0.538. The Morgan fingerprint density at radius 1 is 1.50 bits per heavy atom. The van der Waals surface area contributed by atoms with Gasteiger partial charge in [0.25, 0.3) is 0 Å². The molecule has 2 atom stereocenters. The maximum atomic E-state index is 9.58. The van der Waals surface area contributed by atoms with Crippen LogP contribution in [0.3, 0.4) is 0 Å². The lowest BCUT2D eigenvalue weighted by molar-refractivity contribution is 0.204. The molecule has 2 rings (SSSR count). The zero-order valence-electron chi connectivity index (χ0n) is 9.32. The maximum Gasteiger partial charge on any atom is 0.0502 e. The van der Waals surface area contributed by atoms with Gasteiger partial charge < -0.3 is 10.4 Å². The van der Waals surface area contributed by atoms with Crippen LogP contribution in [0.4, 0.5) is 0 Å². The van der Waals surface area contributed by atoms with Gasteiger partial charge in [0.1, 0.15) is 0 Å². The third-order valence-corrected chi connectivity index (χ3v) is 3.87. The molecule has 1 aromatic carbocycles. The molecule has 1 aliphatic heterocycles. The van der Waals surface area contributed by atoms with Crippen LogP contribution in [-0.4, -0.2) is 24.8 Å². The van der Waals surface area contributed by atoms with Crippen molar-refractivity contribution in [3.63, 3.8) is 0 Å². The van der Waals surface area contributed by atoms with E-state index in [1.807, 2.05) is 12.1 Å². The predicted molar refractivity (Wildman–Crippen MR) is 69.6 cm³/mol. The highest BCUT2D eigenvalue weighted by molar-refractivity contribution is 9.10. The molecule has 0 aliphatic carbocycles. The molecule has 0 bridgehead atoms. The van der Waals surface area contributed by atoms with Crippen molar-refractivity contribution in [1.82, 2.24) is 5.32 Å². The van der Waals surface area contributed by atoms with Gasteiger partial charge in [-0.1, -0.05) is 28.1 Å². The van der Waals surface area contributed by atoms with Crippen molar-refractivity contribution in [2.75, 3.05) is 19.7 Å². The molecule has 1 aliphatic rings. The van der Waals surface area contributed by atoms with Crippen LogP contribution < -0.4 is 5.32 Å². The lowest BCUT2D eigenvalue weighted by atomic mass is 9.82. The Balaban J connectivity index is 2.14. The second kappa shape index (κ2) is 5.80. The van der Waals surface area contributed by atoms with Crippen LogP contribution in [0.25, 0.3) is 0 Å². The summed E-state index contributed by atoms with van der Waals surface area (Å²) in [6, 6.07) is 8.30. The largest absolute Gasteiger partial charge is 0.396 e. The quantitative estimate of drug-likeness (QED) is 0.894. The van der Waals surface area contributed by atoms with Gasteiger partial charge in [-0.2, -0.15) is 0 Å². The summed E-state index contributed by atoms with van der Waals surface area (Å²) < 4.78 is 1.09. The van der Waals surface area contributed by atoms with E-state index in [4.69, 9.17) is 0 Å². The van der Waals surface area contributed by atoms with E-state index in [9.17, 15) is 5.11 Å². The summed E-state index contributed by atoms with van der Waals surface area (Å²) >= 11 is 3.49. The van der Waals surface area contributed by atoms with Crippen molar-refractivity contribution >= 4 is 15.9 Å². The van der Waals surface area contributed by atoms with Crippen LogP contribution >= 0.6 is 15.9 Å². The Hall–Kier alpha value is -0.380.